The fourth-order valence-electron chi connectivity index (χ4n) is 3.35. The van der Waals surface area contributed by atoms with Crippen molar-refractivity contribution < 1.29 is 8.78 Å². The normalized spacial score (nSPS) is 11.5. The van der Waals surface area contributed by atoms with Gasteiger partial charge in [0.15, 0.2) is 23.2 Å². The number of hydrogen-bond donors (Lipinski definition) is 2. The molecule has 2 aromatic rings. The first-order valence-corrected chi connectivity index (χ1v) is 9.40. The van der Waals surface area contributed by atoms with E-state index in [1.807, 2.05) is 26.0 Å². The van der Waals surface area contributed by atoms with Crippen LogP contribution in [0.5, 0.6) is 0 Å². The third-order valence-electron chi connectivity index (χ3n) is 5.05. The van der Waals surface area contributed by atoms with Gasteiger partial charge in [-0.2, -0.15) is 4.98 Å². The van der Waals surface area contributed by atoms with Crippen molar-refractivity contribution in [1.29, 1.82) is 0 Å². The summed E-state index contributed by atoms with van der Waals surface area (Å²) < 4.78 is 28.2. The molecule has 0 saturated carbocycles. The smallest absolute Gasteiger partial charge is 0.321 e. The Kier molecular flexibility index (Phi) is 5.13. The van der Waals surface area contributed by atoms with E-state index in [1.165, 1.54) is 6.07 Å². The zero-order valence-electron chi connectivity index (χ0n) is 16.4. The van der Waals surface area contributed by atoms with Gasteiger partial charge >= 0.3 is 5.69 Å². The second-order valence-corrected chi connectivity index (χ2v) is 7.16. The van der Waals surface area contributed by atoms with E-state index < -0.39 is 22.9 Å². The van der Waals surface area contributed by atoms with Gasteiger partial charge in [-0.15, -0.1) is 0 Å². The molecule has 0 aliphatic carbocycles. The van der Waals surface area contributed by atoms with Gasteiger partial charge in [0, 0.05) is 19.6 Å². The molecule has 7 nitrogen and oxygen atoms in total. The Morgan fingerprint density at radius 3 is 2.57 bits per heavy atom. The fraction of sp³-hybridized carbons (Fsp3) is 0.238. The van der Waals surface area contributed by atoms with Gasteiger partial charge in [-0.3, -0.25) is 9.78 Å². The molecule has 4 rings (SSSR count). The second-order valence-electron chi connectivity index (χ2n) is 7.16. The topological polar surface area (TPSA) is 92.7 Å². The molecule has 2 heterocycles. The van der Waals surface area contributed by atoms with Crippen LogP contribution in [0.25, 0.3) is 22.6 Å². The van der Waals surface area contributed by atoms with Gasteiger partial charge in [0.25, 0.3) is 5.56 Å². The van der Waals surface area contributed by atoms with Gasteiger partial charge in [0.2, 0.25) is 0 Å². The first-order valence-electron chi connectivity index (χ1n) is 9.40. The molecule has 0 saturated heterocycles. The summed E-state index contributed by atoms with van der Waals surface area (Å²) in [5.74, 6) is -1.58. The van der Waals surface area contributed by atoms with Gasteiger partial charge in [0.1, 0.15) is 0 Å². The average molecular weight is 411 g/mol. The molecular formula is C21H19F2N5O2. The maximum absolute atomic E-state index is 13.4. The Bertz CT molecular complexity index is 1350. The quantitative estimate of drug-likeness (QED) is 0.388. The standard InChI is InChI=1S/C21H19F2N5O2/c1-11-7-16-17(8-12(11)2)28(19-18(25-16)20(29)27-21(30)26-19)6-5-24-10-13-3-4-14(22)15(23)9-13/h3-4,7-9,24H,5-6,10H2,1-2H3,(H,27,29,30). The number of hydrogen-bond acceptors (Lipinski definition) is 5. The predicted molar refractivity (Wildman–Crippen MR) is 109 cm³/mol. The van der Waals surface area contributed by atoms with Crippen LogP contribution in [-0.2, 0) is 13.1 Å². The molecule has 0 fully saturated rings. The van der Waals surface area contributed by atoms with Gasteiger partial charge < -0.3 is 9.88 Å². The fourth-order valence-corrected chi connectivity index (χ4v) is 3.35. The minimum absolute atomic E-state index is 0.0889. The zero-order valence-corrected chi connectivity index (χ0v) is 16.4. The largest absolute Gasteiger partial charge is 0.349 e. The lowest BCUT2D eigenvalue weighted by atomic mass is 10.1. The van der Waals surface area contributed by atoms with Gasteiger partial charge in [-0.25, -0.2) is 18.6 Å². The lowest BCUT2D eigenvalue weighted by molar-refractivity contribution is 0.505. The third kappa shape index (κ3) is 3.71. The first kappa shape index (κ1) is 19.8. The summed E-state index contributed by atoms with van der Waals surface area (Å²) in [6.45, 7) is 5.08. The first-order chi connectivity index (χ1) is 14.3. The number of rotatable bonds is 5. The maximum Gasteiger partial charge on any atom is 0.349 e. The number of aryl methyl sites for hydroxylation is 2. The molecule has 0 bridgehead atoms. The number of nitrogens with zero attached hydrogens (tertiary/aromatic N) is 3. The molecule has 9 heteroatoms. The molecular weight excluding hydrogens is 392 g/mol. The lowest BCUT2D eigenvalue weighted by Crippen LogP contribution is -2.30. The third-order valence-corrected chi connectivity index (χ3v) is 5.05. The van der Waals surface area contributed by atoms with E-state index in [9.17, 15) is 18.4 Å². The molecule has 0 atom stereocenters. The summed E-state index contributed by atoms with van der Waals surface area (Å²) in [6, 6.07) is 7.57. The molecule has 2 N–H and O–H groups in total. The van der Waals surface area contributed by atoms with Crippen molar-refractivity contribution in [2.24, 2.45) is 0 Å². The summed E-state index contributed by atoms with van der Waals surface area (Å²) in [7, 11) is 0. The van der Waals surface area contributed by atoms with E-state index >= 15 is 0 Å². The minimum atomic E-state index is -0.896. The summed E-state index contributed by atoms with van der Waals surface area (Å²) in [6.07, 6.45) is 0. The Labute approximate surface area is 169 Å². The van der Waals surface area contributed by atoms with E-state index in [4.69, 9.17) is 0 Å². The van der Waals surface area contributed by atoms with Crippen LogP contribution in [0.4, 0.5) is 8.78 Å². The van der Waals surface area contributed by atoms with Crippen LogP contribution in [0.1, 0.15) is 16.7 Å². The van der Waals surface area contributed by atoms with Gasteiger partial charge in [-0.05, 0) is 54.8 Å². The highest BCUT2D eigenvalue weighted by molar-refractivity contribution is 5.81. The molecule has 0 radical (unpaired) electrons. The molecule has 2 aliphatic rings. The number of aromatic nitrogens is 4. The van der Waals surface area contributed by atoms with E-state index in [0.29, 0.717) is 30.7 Å². The average Bonchev–Trinajstić information content (AvgIpc) is 2.69. The maximum atomic E-state index is 13.4. The van der Waals surface area contributed by atoms with Crippen LogP contribution in [0.15, 0.2) is 39.9 Å². The van der Waals surface area contributed by atoms with Crippen LogP contribution in [0.2, 0.25) is 0 Å². The number of H-pyrrole nitrogens is 1. The van der Waals surface area contributed by atoms with Crippen molar-refractivity contribution in [3.05, 3.63) is 79.5 Å². The van der Waals surface area contributed by atoms with Crippen LogP contribution in [-0.4, -0.2) is 26.1 Å². The molecule has 30 heavy (non-hydrogen) atoms. The zero-order chi connectivity index (χ0) is 21.4. The van der Waals surface area contributed by atoms with E-state index in [0.717, 1.165) is 28.8 Å². The Balaban J connectivity index is 1.68. The molecule has 0 unspecified atom stereocenters. The monoisotopic (exact) mass is 411 g/mol. The number of benzene rings is 2. The number of fused-ring (bicyclic) bond motifs is 2. The van der Waals surface area contributed by atoms with E-state index in [-0.39, 0.29) is 11.5 Å². The van der Waals surface area contributed by atoms with Crippen LogP contribution >= 0.6 is 0 Å². The van der Waals surface area contributed by atoms with Crippen molar-refractivity contribution in [1.82, 2.24) is 24.8 Å². The van der Waals surface area contributed by atoms with Crippen molar-refractivity contribution in [2.75, 3.05) is 6.54 Å². The Hall–Kier alpha value is -3.46. The van der Waals surface area contributed by atoms with Crippen molar-refractivity contribution in [3.63, 3.8) is 0 Å². The van der Waals surface area contributed by atoms with Gasteiger partial charge in [-0.1, -0.05) is 6.07 Å². The van der Waals surface area contributed by atoms with Crippen molar-refractivity contribution in [2.45, 2.75) is 26.9 Å². The SMILES string of the molecule is Cc1cc2nc3c(=O)[nH]c(=O)nc-3n(CCNCc3ccc(F)c(F)c3)c2cc1C. The summed E-state index contributed by atoms with van der Waals surface area (Å²) in [4.78, 5) is 34.6. The highest BCUT2D eigenvalue weighted by atomic mass is 19.2. The van der Waals surface area contributed by atoms with Gasteiger partial charge in [0.05, 0.1) is 11.0 Å². The molecule has 2 aliphatic heterocycles. The lowest BCUT2D eigenvalue weighted by Gasteiger charge is -2.18. The summed E-state index contributed by atoms with van der Waals surface area (Å²) in [5, 5.41) is 3.16. The predicted octanol–water partition coefficient (Wildman–Crippen LogP) is 2.27. The molecule has 0 aromatic heterocycles. The second kappa shape index (κ2) is 7.75. The highest BCUT2D eigenvalue weighted by Gasteiger charge is 2.19. The Morgan fingerprint density at radius 2 is 1.80 bits per heavy atom. The van der Waals surface area contributed by atoms with Crippen LogP contribution < -0.4 is 16.6 Å². The minimum Gasteiger partial charge on any atom is -0.321 e. The highest BCUT2D eigenvalue weighted by Crippen LogP contribution is 2.23. The molecule has 2 aromatic carbocycles. The Morgan fingerprint density at radius 1 is 1.03 bits per heavy atom. The summed E-state index contributed by atoms with van der Waals surface area (Å²) >= 11 is 0. The summed E-state index contributed by atoms with van der Waals surface area (Å²) in [5.41, 5.74) is 2.81. The van der Waals surface area contributed by atoms with E-state index in [1.54, 1.807) is 4.57 Å². The number of halogens is 2. The number of aromatic amines is 1. The van der Waals surface area contributed by atoms with Crippen LogP contribution in [0, 0.1) is 25.5 Å². The van der Waals surface area contributed by atoms with E-state index in [2.05, 4.69) is 20.3 Å². The molecule has 154 valence electrons. The van der Waals surface area contributed by atoms with Crippen molar-refractivity contribution in [3.8, 4) is 11.5 Å². The molecule has 0 spiro atoms. The van der Waals surface area contributed by atoms with Crippen molar-refractivity contribution >= 4 is 11.0 Å². The molecule has 0 amide bonds. The number of nitrogens with one attached hydrogen (secondary N) is 2. The van der Waals surface area contributed by atoms with Crippen LogP contribution in [0.3, 0.4) is 0 Å².